The van der Waals surface area contributed by atoms with Crippen LogP contribution in [0, 0.1) is 0 Å². The lowest BCUT2D eigenvalue weighted by molar-refractivity contribution is -0.0898. The van der Waals surface area contributed by atoms with Crippen LogP contribution in [0.5, 0.6) is 0 Å². The van der Waals surface area contributed by atoms with Crippen LogP contribution < -0.4 is 0 Å². The minimum absolute atomic E-state index is 0.295. The van der Waals surface area contributed by atoms with Crippen LogP contribution in [0.2, 0.25) is 0 Å². The number of benzene rings is 3. The molecule has 4 atom stereocenters. The zero-order valence-electron chi connectivity index (χ0n) is 19.5. The Balaban J connectivity index is 1.33. The smallest absolute Gasteiger partial charge is 0.128 e. The summed E-state index contributed by atoms with van der Waals surface area (Å²) < 4.78 is 25.5. The summed E-state index contributed by atoms with van der Waals surface area (Å²) in [4.78, 5) is 7.39. The largest absolute Gasteiger partial charge is 0.374 e. The first-order chi connectivity index (χ1) is 17.4. The topological polar surface area (TPSA) is 65.6 Å². The third-order valence-electron chi connectivity index (χ3n) is 6.10. The summed E-state index contributed by atoms with van der Waals surface area (Å²) in [5.41, 5.74) is 4.18. The Hall–Kier alpha value is -3.29. The molecule has 3 aromatic carbocycles. The van der Waals surface area contributed by atoms with Gasteiger partial charge >= 0.3 is 0 Å². The summed E-state index contributed by atoms with van der Waals surface area (Å²) in [5, 5.41) is 0. The van der Waals surface area contributed by atoms with Crippen molar-refractivity contribution < 1.29 is 18.9 Å². The van der Waals surface area contributed by atoms with Crippen molar-refractivity contribution in [3.63, 3.8) is 0 Å². The molecule has 1 fully saturated rings. The molecule has 0 unspecified atom stereocenters. The zero-order valence-corrected chi connectivity index (χ0v) is 19.5. The highest BCUT2D eigenvalue weighted by molar-refractivity contribution is 5.16. The van der Waals surface area contributed by atoms with E-state index in [0.717, 1.165) is 22.4 Å². The lowest BCUT2D eigenvalue weighted by atomic mass is 10.1. The van der Waals surface area contributed by atoms with Crippen LogP contribution in [0.3, 0.4) is 0 Å². The van der Waals surface area contributed by atoms with Crippen LogP contribution >= 0.6 is 0 Å². The maximum absolute atomic E-state index is 6.50. The zero-order chi connectivity index (χ0) is 23.7. The van der Waals surface area contributed by atoms with Gasteiger partial charge in [-0.25, -0.2) is 4.98 Å². The van der Waals surface area contributed by atoms with Crippen molar-refractivity contribution >= 4 is 0 Å². The van der Waals surface area contributed by atoms with E-state index in [1.807, 2.05) is 54.6 Å². The van der Waals surface area contributed by atoms with Gasteiger partial charge in [0, 0.05) is 0 Å². The van der Waals surface area contributed by atoms with Gasteiger partial charge in [0.2, 0.25) is 0 Å². The predicted octanol–water partition coefficient (Wildman–Crippen LogP) is 5.24. The van der Waals surface area contributed by atoms with E-state index in [-0.39, 0.29) is 24.4 Å². The quantitative estimate of drug-likeness (QED) is 0.325. The Bertz CT molecular complexity index is 1120. The van der Waals surface area contributed by atoms with Gasteiger partial charge in [-0.1, -0.05) is 91.0 Å². The monoisotopic (exact) mass is 470 g/mol. The van der Waals surface area contributed by atoms with Crippen molar-refractivity contribution in [2.45, 2.75) is 44.2 Å². The first-order valence-corrected chi connectivity index (χ1v) is 11.9. The van der Waals surface area contributed by atoms with Crippen molar-refractivity contribution in [3.05, 3.63) is 126 Å². The first kappa shape index (κ1) is 23.5. The number of nitrogens with one attached hydrogen (secondary N) is 1. The molecule has 0 saturated carbocycles. The van der Waals surface area contributed by atoms with Gasteiger partial charge in [0.15, 0.2) is 0 Å². The Morgan fingerprint density at radius 1 is 0.686 bits per heavy atom. The van der Waals surface area contributed by atoms with E-state index in [2.05, 4.69) is 46.4 Å². The Kier molecular flexibility index (Phi) is 7.98. The maximum atomic E-state index is 6.50. The number of hydrogen-bond acceptors (Lipinski definition) is 5. The third-order valence-corrected chi connectivity index (χ3v) is 6.10. The van der Waals surface area contributed by atoms with Crippen molar-refractivity contribution in [2.75, 3.05) is 6.61 Å². The first-order valence-electron chi connectivity index (χ1n) is 11.9. The lowest BCUT2D eigenvalue weighted by Gasteiger charge is -2.25. The molecule has 1 aliphatic rings. The van der Waals surface area contributed by atoms with Gasteiger partial charge in [-0.2, -0.15) is 0 Å². The molecule has 5 rings (SSSR count). The number of hydrogen-bond donors (Lipinski definition) is 1. The highest BCUT2D eigenvalue weighted by atomic mass is 16.6. The number of nitrogens with zero attached hydrogens (tertiary/aromatic N) is 1. The summed E-state index contributed by atoms with van der Waals surface area (Å²) in [5.74, 6) is 0. The lowest BCUT2D eigenvalue weighted by Crippen LogP contribution is -2.37. The van der Waals surface area contributed by atoms with Crippen molar-refractivity contribution in [1.82, 2.24) is 9.97 Å². The molecule has 0 aliphatic carbocycles. The fourth-order valence-electron chi connectivity index (χ4n) is 4.32. The fourth-order valence-corrected chi connectivity index (χ4v) is 4.32. The Morgan fingerprint density at radius 3 is 1.77 bits per heavy atom. The predicted molar refractivity (Wildman–Crippen MR) is 132 cm³/mol. The number of aromatic nitrogens is 2. The van der Waals surface area contributed by atoms with Crippen LogP contribution in [-0.2, 0) is 38.8 Å². The molecule has 1 aliphatic heterocycles. The molecule has 1 aromatic heterocycles. The van der Waals surface area contributed by atoms with Crippen molar-refractivity contribution in [3.8, 4) is 0 Å². The number of imidazole rings is 1. The van der Waals surface area contributed by atoms with E-state index in [4.69, 9.17) is 18.9 Å². The number of H-pyrrole nitrogens is 1. The Labute approximate surface area is 205 Å². The number of aromatic amines is 1. The molecule has 0 radical (unpaired) electrons. The highest BCUT2D eigenvalue weighted by Crippen LogP contribution is 2.37. The second kappa shape index (κ2) is 11.9. The van der Waals surface area contributed by atoms with E-state index >= 15 is 0 Å². The standard InChI is InChI=1S/C29H30N2O4/c1-4-10-22(11-5-1)17-32-20-26-28(33-18-23-12-6-2-7-13-23)29(27(35-26)25-16-30-21-31-25)34-19-24-14-8-3-9-15-24/h1-16,21,26-29H,17-20H2,(H,30,31)/t26-,27-,28-,29-/m0/s1. The van der Waals surface area contributed by atoms with Gasteiger partial charge in [0.05, 0.1) is 44.6 Å². The molecule has 6 heteroatoms. The van der Waals surface area contributed by atoms with Gasteiger partial charge in [-0.15, -0.1) is 0 Å². The normalized spacial score (nSPS) is 21.8. The van der Waals surface area contributed by atoms with E-state index in [1.54, 1.807) is 12.5 Å². The van der Waals surface area contributed by atoms with Crippen LogP contribution in [0.4, 0.5) is 0 Å². The second-order valence-electron chi connectivity index (χ2n) is 8.63. The summed E-state index contributed by atoms with van der Waals surface area (Å²) in [6, 6.07) is 30.4. The van der Waals surface area contributed by atoms with Crippen LogP contribution in [0.25, 0.3) is 0 Å². The molecule has 6 nitrogen and oxygen atoms in total. The fraction of sp³-hybridized carbons (Fsp3) is 0.276. The molecule has 1 saturated heterocycles. The summed E-state index contributed by atoms with van der Waals surface area (Å²) >= 11 is 0. The van der Waals surface area contributed by atoms with Gasteiger partial charge < -0.3 is 23.9 Å². The second-order valence-corrected chi connectivity index (χ2v) is 8.63. The molecule has 35 heavy (non-hydrogen) atoms. The molecular formula is C29H30N2O4. The minimum atomic E-state index is -0.340. The summed E-state index contributed by atoms with van der Waals surface area (Å²) in [6.07, 6.45) is 2.16. The molecular weight excluding hydrogens is 440 g/mol. The van der Waals surface area contributed by atoms with Gasteiger partial charge in [-0.3, -0.25) is 0 Å². The molecule has 0 spiro atoms. The van der Waals surface area contributed by atoms with E-state index < -0.39 is 0 Å². The summed E-state index contributed by atoms with van der Waals surface area (Å²) in [7, 11) is 0. The van der Waals surface area contributed by atoms with Gasteiger partial charge in [0.25, 0.3) is 0 Å². The average molecular weight is 471 g/mol. The highest BCUT2D eigenvalue weighted by Gasteiger charge is 2.47. The van der Waals surface area contributed by atoms with Crippen LogP contribution in [0.15, 0.2) is 104 Å². The van der Waals surface area contributed by atoms with Crippen LogP contribution in [0.1, 0.15) is 28.5 Å². The number of rotatable bonds is 11. The molecule has 2 heterocycles. The van der Waals surface area contributed by atoms with E-state index in [0.29, 0.717) is 26.4 Å². The molecule has 0 bridgehead atoms. The maximum Gasteiger partial charge on any atom is 0.128 e. The van der Waals surface area contributed by atoms with Crippen molar-refractivity contribution in [2.24, 2.45) is 0 Å². The molecule has 1 N–H and O–H groups in total. The van der Waals surface area contributed by atoms with E-state index in [1.165, 1.54) is 0 Å². The van der Waals surface area contributed by atoms with E-state index in [9.17, 15) is 0 Å². The van der Waals surface area contributed by atoms with Gasteiger partial charge in [0.1, 0.15) is 24.4 Å². The van der Waals surface area contributed by atoms with Gasteiger partial charge in [-0.05, 0) is 16.7 Å². The number of ether oxygens (including phenoxy) is 4. The molecule has 0 amide bonds. The SMILES string of the molecule is c1ccc(COC[C@@H]2O[C@@H](c3cnc[nH]3)[C@H](OCc3ccccc3)[C@H]2OCc2ccccc2)cc1. The molecule has 180 valence electrons. The minimum Gasteiger partial charge on any atom is -0.374 e. The summed E-state index contributed by atoms with van der Waals surface area (Å²) in [6.45, 7) is 1.83. The molecule has 4 aromatic rings. The van der Waals surface area contributed by atoms with Crippen molar-refractivity contribution in [1.29, 1.82) is 0 Å². The average Bonchev–Trinajstić information content (AvgIpc) is 3.56. The third kappa shape index (κ3) is 6.24. The Morgan fingerprint density at radius 2 is 1.23 bits per heavy atom. The van der Waals surface area contributed by atoms with Crippen LogP contribution in [-0.4, -0.2) is 34.9 Å².